The van der Waals surface area contributed by atoms with Crippen molar-refractivity contribution in [3.8, 4) is 11.4 Å². The number of para-hydroxylation sites is 1. The minimum Gasteiger partial charge on any atom is -0.276 e. The standard InChI is InChI=1S/C20H13N3/c1-2-8-14(9-3-1)19-21-16-11-5-4-10-15(16)20-22-17-12-6-7-13-18(17)23(19)20/h2,4-5,7-11,13H,6,12H2. The zero-order chi connectivity index (χ0) is 15.2. The summed E-state index contributed by atoms with van der Waals surface area (Å²) in [6.45, 7) is 0. The number of aryl methyl sites for hydroxylation is 1. The molecule has 5 rings (SSSR count). The molecule has 2 aromatic heterocycles. The van der Waals surface area contributed by atoms with Crippen LogP contribution in [0.25, 0.3) is 34.0 Å². The highest BCUT2D eigenvalue weighted by atomic mass is 15.1. The lowest BCUT2D eigenvalue weighted by Gasteiger charge is -2.10. The molecule has 2 aromatic carbocycles. The van der Waals surface area contributed by atoms with E-state index in [-0.39, 0.29) is 0 Å². The molecular formula is C20H13N3. The average Bonchev–Trinajstić information content (AvgIpc) is 3.02. The quantitative estimate of drug-likeness (QED) is 0.529. The third-order valence-electron chi connectivity index (χ3n) is 4.31. The Morgan fingerprint density at radius 3 is 2.91 bits per heavy atom. The summed E-state index contributed by atoms with van der Waals surface area (Å²) in [5, 5.41) is 1.09. The number of nitrogens with zero attached hydrogens (tertiary/aromatic N) is 3. The monoisotopic (exact) mass is 295 g/mol. The van der Waals surface area contributed by atoms with Crippen LogP contribution in [0.5, 0.6) is 0 Å². The zero-order valence-corrected chi connectivity index (χ0v) is 12.5. The number of aromatic nitrogens is 3. The highest BCUT2D eigenvalue weighted by molar-refractivity contribution is 5.94. The first-order valence-electron chi connectivity index (χ1n) is 7.76. The highest BCUT2D eigenvalue weighted by Crippen LogP contribution is 2.30. The van der Waals surface area contributed by atoms with Crippen molar-refractivity contribution in [1.82, 2.24) is 14.4 Å². The topological polar surface area (TPSA) is 30.2 Å². The second-order valence-corrected chi connectivity index (χ2v) is 5.72. The van der Waals surface area contributed by atoms with Gasteiger partial charge in [0.05, 0.1) is 16.9 Å². The van der Waals surface area contributed by atoms with Crippen molar-refractivity contribution in [2.24, 2.45) is 0 Å². The minimum absolute atomic E-state index is 0.907. The van der Waals surface area contributed by atoms with Gasteiger partial charge in [-0.1, -0.05) is 30.3 Å². The smallest absolute Gasteiger partial charge is 0.148 e. The normalized spacial score (nSPS) is 13.2. The third-order valence-corrected chi connectivity index (χ3v) is 4.31. The molecular weight excluding hydrogens is 282 g/mol. The second-order valence-electron chi connectivity index (χ2n) is 5.72. The fourth-order valence-electron chi connectivity index (χ4n) is 3.25. The van der Waals surface area contributed by atoms with Gasteiger partial charge in [-0.15, -0.1) is 0 Å². The number of allylic oxidation sites excluding steroid dienone is 1. The van der Waals surface area contributed by atoms with E-state index in [4.69, 9.17) is 9.97 Å². The Morgan fingerprint density at radius 1 is 1.04 bits per heavy atom. The summed E-state index contributed by atoms with van der Waals surface area (Å²) < 4.78 is 2.18. The molecule has 3 nitrogen and oxygen atoms in total. The zero-order valence-electron chi connectivity index (χ0n) is 12.5. The molecule has 0 bridgehead atoms. The number of hydrogen-bond acceptors (Lipinski definition) is 2. The number of fused-ring (bicyclic) bond motifs is 5. The van der Waals surface area contributed by atoms with E-state index in [0.29, 0.717) is 0 Å². The van der Waals surface area contributed by atoms with E-state index in [0.717, 1.165) is 52.2 Å². The highest BCUT2D eigenvalue weighted by Gasteiger charge is 2.19. The van der Waals surface area contributed by atoms with Crippen LogP contribution in [0.2, 0.25) is 0 Å². The molecule has 108 valence electrons. The van der Waals surface area contributed by atoms with Gasteiger partial charge in [-0.2, -0.15) is 0 Å². The predicted molar refractivity (Wildman–Crippen MR) is 91.0 cm³/mol. The summed E-state index contributed by atoms with van der Waals surface area (Å²) in [5.74, 6) is 0.907. The summed E-state index contributed by atoms with van der Waals surface area (Å²) in [6.07, 6.45) is 6.40. The van der Waals surface area contributed by atoms with Gasteiger partial charge in [-0.05, 0) is 49.2 Å². The van der Waals surface area contributed by atoms with Crippen LogP contribution in [-0.2, 0) is 6.42 Å². The van der Waals surface area contributed by atoms with E-state index in [1.165, 1.54) is 0 Å². The van der Waals surface area contributed by atoms with Gasteiger partial charge in [0.15, 0.2) is 0 Å². The molecule has 4 aromatic rings. The fourth-order valence-corrected chi connectivity index (χ4v) is 3.25. The molecule has 0 saturated heterocycles. The average molecular weight is 295 g/mol. The van der Waals surface area contributed by atoms with E-state index in [9.17, 15) is 0 Å². The van der Waals surface area contributed by atoms with E-state index < -0.39 is 0 Å². The van der Waals surface area contributed by atoms with Crippen molar-refractivity contribution in [1.29, 1.82) is 0 Å². The maximum Gasteiger partial charge on any atom is 0.148 e. The van der Waals surface area contributed by atoms with Crippen molar-refractivity contribution < 1.29 is 0 Å². The molecule has 3 heteroatoms. The van der Waals surface area contributed by atoms with Gasteiger partial charge in [0.1, 0.15) is 11.5 Å². The molecule has 0 amide bonds. The first-order valence-corrected chi connectivity index (χ1v) is 7.76. The first kappa shape index (κ1) is 12.4. The Labute approximate surface area is 133 Å². The molecule has 1 aliphatic rings. The van der Waals surface area contributed by atoms with Crippen LogP contribution in [0.15, 0.2) is 48.5 Å². The van der Waals surface area contributed by atoms with Crippen molar-refractivity contribution in [2.75, 3.05) is 0 Å². The maximum absolute atomic E-state index is 4.92. The van der Waals surface area contributed by atoms with Gasteiger partial charge in [0, 0.05) is 10.9 Å². The van der Waals surface area contributed by atoms with Crippen LogP contribution < -0.4 is 0 Å². The molecule has 0 atom stereocenters. The van der Waals surface area contributed by atoms with Crippen molar-refractivity contribution in [3.63, 3.8) is 0 Å². The summed E-state index contributed by atoms with van der Waals surface area (Å²) in [6, 6.07) is 20.0. The molecule has 0 fully saturated rings. The Balaban J connectivity index is 1.99. The molecule has 0 unspecified atom stereocenters. The van der Waals surface area contributed by atoms with E-state index in [1.807, 2.05) is 36.4 Å². The van der Waals surface area contributed by atoms with E-state index in [2.05, 4.69) is 34.8 Å². The van der Waals surface area contributed by atoms with Gasteiger partial charge in [-0.25, -0.2) is 9.97 Å². The van der Waals surface area contributed by atoms with Crippen LogP contribution in [0.1, 0.15) is 17.8 Å². The van der Waals surface area contributed by atoms with Crippen LogP contribution in [-0.4, -0.2) is 14.4 Å². The maximum atomic E-state index is 4.92. The Hall–Kier alpha value is -3.12. The first-order chi connectivity index (χ1) is 11.4. The van der Waals surface area contributed by atoms with Crippen LogP contribution in [0.3, 0.4) is 0 Å². The summed E-state index contributed by atoms with van der Waals surface area (Å²) in [4.78, 5) is 9.83. The predicted octanol–water partition coefficient (Wildman–Crippen LogP) is 4.11. The van der Waals surface area contributed by atoms with Crippen molar-refractivity contribution in [2.45, 2.75) is 12.8 Å². The van der Waals surface area contributed by atoms with Crippen LogP contribution >= 0.6 is 0 Å². The SMILES string of the molecule is c1ccc(-c2nc3ccccc3c3nc4c(n23)C=CCC4)cc#1. The number of hydrogen-bond donors (Lipinski definition) is 0. The summed E-state index contributed by atoms with van der Waals surface area (Å²) in [5.41, 5.74) is 5.27. The molecule has 0 radical (unpaired) electrons. The van der Waals surface area contributed by atoms with Gasteiger partial charge < -0.3 is 0 Å². The summed E-state index contributed by atoms with van der Waals surface area (Å²) in [7, 11) is 0. The molecule has 0 N–H and O–H groups in total. The number of rotatable bonds is 1. The minimum atomic E-state index is 0.907. The molecule has 23 heavy (non-hydrogen) atoms. The largest absolute Gasteiger partial charge is 0.276 e. The second kappa shape index (κ2) is 4.69. The van der Waals surface area contributed by atoms with Crippen molar-refractivity contribution in [3.05, 3.63) is 72.1 Å². The van der Waals surface area contributed by atoms with E-state index >= 15 is 0 Å². The Morgan fingerprint density at radius 2 is 2.00 bits per heavy atom. The van der Waals surface area contributed by atoms with E-state index in [1.54, 1.807) is 0 Å². The molecule has 1 aliphatic carbocycles. The Kier molecular flexibility index (Phi) is 2.53. The van der Waals surface area contributed by atoms with Gasteiger partial charge in [-0.3, -0.25) is 4.40 Å². The molecule has 0 aliphatic heterocycles. The molecule has 0 spiro atoms. The Bertz CT molecular complexity index is 1060. The summed E-state index contributed by atoms with van der Waals surface area (Å²) >= 11 is 0. The van der Waals surface area contributed by atoms with Crippen LogP contribution in [0, 0.1) is 12.1 Å². The lowest BCUT2D eigenvalue weighted by atomic mass is 10.1. The van der Waals surface area contributed by atoms with Gasteiger partial charge in [0.25, 0.3) is 0 Å². The third kappa shape index (κ3) is 1.79. The van der Waals surface area contributed by atoms with Crippen LogP contribution in [0.4, 0.5) is 0 Å². The lowest BCUT2D eigenvalue weighted by Crippen LogP contribution is -2.01. The lowest BCUT2D eigenvalue weighted by molar-refractivity contribution is 0.940. The number of benzene rings is 1. The fraction of sp³-hybridized carbons (Fsp3) is 0.100. The molecule has 2 heterocycles. The molecule has 0 saturated carbocycles. The van der Waals surface area contributed by atoms with Gasteiger partial charge >= 0.3 is 0 Å². The number of imidazole rings is 1. The van der Waals surface area contributed by atoms with Gasteiger partial charge in [0.2, 0.25) is 0 Å². The van der Waals surface area contributed by atoms with Crippen molar-refractivity contribution >= 4 is 22.6 Å².